The third kappa shape index (κ3) is 3.98. The number of pyridine rings is 1. The van der Waals surface area contributed by atoms with E-state index in [1.165, 1.54) is 18.4 Å². The summed E-state index contributed by atoms with van der Waals surface area (Å²) in [6, 6.07) is 3.96. The van der Waals surface area contributed by atoms with E-state index < -0.39 is 0 Å². The van der Waals surface area contributed by atoms with Crippen LogP contribution in [0, 0.1) is 5.92 Å². The zero-order valence-corrected chi connectivity index (χ0v) is 10.4. The maximum Gasteiger partial charge on any atom is 0.212 e. The number of piperidine rings is 1. The van der Waals surface area contributed by atoms with Crippen molar-refractivity contribution < 1.29 is 4.74 Å². The second-order valence-corrected chi connectivity index (χ2v) is 4.53. The molecule has 0 aliphatic carbocycles. The van der Waals surface area contributed by atoms with Crippen LogP contribution >= 0.6 is 0 Å². The summed E-state index contributed by atoms with van der Waals surface area (Å²) in [6.07, 6.45) is 4.44. The molecule has 0 atom stereocenters. The largest absolute Gasteiger partial charge is 0.481 e. The molecule has 0 radical (unpaired) electrons. The Balaban J connectivity index is 1.69. The van der Waals surface area contributed by atoms with Crippen LogP contribution in [-0.4, -0.2) is 31.7 Å². The Hall–Kier alpha value is -1.13. The molecular weight excluding hydrogens is 214 g/mol. The van der Waals surface area contributed by atoms with Crippen molar-refractivity contribution in [2.75, 3.05) is 26.7 Å². The first-order valence-corrected chi connectivity index (χ1v) is 6.29. The molecule has 0 saturated carbocycles. The fraction of sp³-hybridized carbons (Fsp3) is 0.615. The number of hydrogen-bond acceptors (Lipinski definition) is 4. The highest BCUT2D eigenvalue weighted by Gasteiger charge is 2.11. The lowest BCUT2D eigenvalue weighted by Gasteiger charge is -2.22. The van der Waals surface area contributed by atoms with Crippen LogP contribution in [0.5, 0.6) is 5.88 Å². The van der Waals surface area contributed by atoms with Crippen LogP contribution < -0.4 is 15.4 Å². The van der Waals surface area contributed by atoms with Crippen molar-refractivity contribution in [3.63, 3.8) is 0 Å². The Labute approximate surface area is 103 Å². The van der Waals surface area contributed by atoms with E-state index in [0.29, 0.717) is 5.88 Å². The van der Waals surface area contributed by atoms with E-state index in [2.05, 4.69) is 21.7 Å². The molecule has 94 valence electrons. The summed E-state index contributed by atoms with van der Waals surface area (Å²) in [4.78, 5) is 4.19. The molecule has 0 spiro atoms. The van der Waals surface area contributed by atoms with Crippen molar-refractivity contribution >= 4 is 0 Å². The lowest BCUT2D eigenvalue weighted by Crippen LogP contribution is -2.33. The first-order valence-electron chi connectivity index (χ1n) is 6.29. The fourth-order valence-corrected chi connectivity index (χ4v) is 2.14. The van der Waals surface area contributed by atoms with Gasteiger partial charge in [0.2, 0.25) is 5.88 Å². The van der Waals surface area contributed by atoms with Crippen molar-refractivity contribution in [2.24, 2.45) is 5.92 Å². The second-order valence-electron chi connectivity index (χ2n) is 4.53. The van der Waals surface area contributed by atoms with Crippen LogP contribution in [0.3, 0.4) is 0 Å². The molecule has 1 aromatic heterocycles. The van der Waals surface area contributed by atoms with Gasteiger partial charge < -0.3 is 15.4 Å². The lowest BCUT2D eigenvalue weighted by molar-refractivity contribution is 0.356. The highest BCUT2D eigenvalue weighted by Crippen LogP contribution is 2.10. The molecule has 0 aromatic carbocycles. The van der Waals surface area contributed by atoms with Gasteiger partial charge in [-0.2, -0.15) is 0 Å². The third-order valence-electron chi connectivity index (χ3n) is 3.23. The van der Waals surface area contributed by atoms with Crippen LogP contribution in [0.2, 0.25) is 0 Å². The maximum absolute atomic E-state index is 5.03. The van der Waals surface area contributed by atoms with Gasteiger partial charge in [-0.15, -0.1) is 0 Å². The number of ether oxygens (including phenoxy) is 1. The first kappa shape index (κ1) is 12.3. The van der Waals surface area contributed by atoms with Crippen molar-refractivity contribution in [3.8, 4) is 5.88 Å². The van der Waals surface area contributed by atoms with E-state index in [1.807, 2.05) is 12.3 Å². The predicted octanol–water partition coefficient (Wildman–Crippen LogP) is 1.18. The molecule has 0 bridgehead atoms. The molecule has 1 aromatic rings. The topological polar surface area (TPSA) is 46.2 Å². The summed E-state index contributed by atoms with van der Waals surface area (Å²) in [6.45, 7) is 4.32. The Kier molecular flexibility index (Phi) is 4.76. The number of rotatable bonds is 5. The Morgan fingerprint density at radius 2 is 2.24 bits per heavy atom. The first-order chi connectivity index (χ1) is 8.38. The molecule has 2 rings (SSSR count). The van der Waals surface area contributed by atoms with Crippen LogP contribution in [0.15, 0.2) is 18.3 Å². The maximum atomic E-state index is 5.03. The number of methoxy groups -OCH3 is 1. The fourth-order valence-electron chi connectivity index (χ4n) is 2.14. The van der Waals surface area contributed by atoms with Crippen molar-refractivity contribution in [1.29, 1.82) is 0 Å². The van der Waals surface area contributed by atoms with Gasteiger partial charge in [-0.3, -0.25) is 0 Å². The minimum atomic E-state index is 0.673. The van der Waals surface area contributed by atoms with Crippen LogP contribution in [0.4, 0.5) is 0 Å². The summed E-state index contributed by atoms with van der Waals surface area (Å²) >= 11 is 0. The zero-order valence-electron chi connectivity index (χ0n) is 10.4. The number of aromatic nitrogens is 1. The zero-order chi connectivity index (χ0) is 11.9. The molecule has 1 fully saturated rings. The van der Waals surface area contributed by atoms with Crippen LogP contribution in [0.1, 0.15) is 18.4 Å². The Morgan fingerprint density at radius 1 is 1.41 bits per heavy atom. The highest BCUT2D eigenvalue weighted by atomic mass is 16.5. The second kappa shape index (κ2) is 6.57. The van der Waals surface area contributed by atoms with Gasteiger partial charge in [0, 0.05) is 18.8 Å². The molecule has 2 N–H and O–H groups in total. The van der Waals surface area contributed by atoms with Gasteiger partial charge in [0.05, 0.1) is 7.11 Å². The van der Waals surface area contributed by atoms with E-state index in [-0.39, 0.29) is 0 Å². The average Bonchev–Trinajstić information content (AvgIpc) is 2.41. The summed E-state index contributed by atoms with van der Waals surface area (Å²) < 4.78 is 5.03. The van der Waals surface area contributed by atoms with Crippen LogP contribution in [-0.2, 0) is 6.54 Å². The van der Waals surface area contributed by atoms with Gasteiger partial charge in [0.15, 0.2) is 0 Å². The number of hydrogen-bond donors (Lipinski definition) is 2. The molecule has 4 nitrogen and oxygen atoms in total. The monoisotopic (exact) mass is 235 g/mol. The Morgan fingerprint density at radius 3 is 2.88 bits per heavy atom. The number of nitrogens with one attached hydrogen (secondary N) is 2. The predicted molar refractivity (Wildman–Crippen MR) is 68.1 cm³/mol. The van der Waals surface area contributed by atoms with Crippen molar-refractivity contribution in [2.45, 2.75) is 19.4 Å². The molecule has 4 heteroatoms. The summed E-state index contributed by atoms with van der Waals surface area (Å²) in [5.74, 6) is 1.49. The summed E-state index contributed by atoms with van der Waals surface area (Å²) in [7, 11) is 1.64. The standard InChI is InChI=1S/C13H21N3O/c1-17-13-3-2-12(10-16-13)9-15-8-11-4-6-14-7-5-11/h2-3,10-11,14-15H,4-9H2,1H3. The summed E-state index contributed by atoms with van der Waals surface area (Å²) in [5, 5.41) is 6.88. The SMILES string of the molecule is COc1ccc(CNCC2CCNCC2)cn1. The minimum Gasteiger partial charge on any atom is -0.481 e. The van der Waals surface area contributed by atoms with Crippen molar-refractivity contribution in [1.82, 2.24) is 15.6 Å². The van der Waals surface area contributed by atoms with Gasteiger partial charge in [-0.05, 0) is 44.0 Å². The average molecular weight is 235 g/mol. The van der Waals surface area contributed by atoms with Gasteiger partial charge in [0.25, 0.3) is 0 Å². The van der Waals surface area contributed by atoms with E-state index in [4.69, 9.17) is 4.74 Å². The molecule has 1 saturated heterocycles. The Bertz CT molecular complexity index is 320. The molecular formula is C13H21N3O. The number of nitrogens with zero attached hydrogens (tertiary/aromatic N) is 1. The molecule has 17 heavy (non-hydrogen) atoms. The molecule has 0 amide bonds. The molecule has 0 unspecified atom stereocenters. The van der Waals surface area contributed by atoms with Gasteiger partial charge in [0.1, 0.15) is 0 Å². The van der Waals surface area contributed by atoms with E-state index in [0.717, 1.165) is 32.1 Å². The lowest BCUT2D eigenvalue weighted by atomic mass is 9.98. The normalized spacial score (nSPS) is 17.0. The third-order valence-corrected chi connectivity index (χ3v) is 3.23. The van der Waals surface area contributed by atoms with E-state index in [1.54, 1.807) is 7.11 Å². The summed E-state index contributed by atoms with van der Waals surface area (Å²) in [5.41, 5.74) is 1.21. The van der Waals surface area contributed by atoms with Crippen molar-refractivity contribution in [3.05, 3.63) is 23.9 Å². The minimum absolute atomic E-state index is 0.673. The van der Waals surface area contributed by atoms with Crippen LogP contribution in [0.25, 0.3) is 0 Å². The van der Waals surface area contributed by atoms with E-state index >= 15 is 0 Å². The molecule has 2 heterocycles. The highest BCUT2D eigenvalue weighted by molar-refractivity contribution is 5.17. The quantitative estimate of drug-likeness (QED) is 0.804. The van der Waals surface area contributed by atoms with Gasteiger partial charge in [-0.1, -0.05) is 6.07 Å². The van der Waals surface area contributed by atoms with Gasteiger partial charge in [-0.25, -0.2) is 4.98 Å². The van der Waals surface area contributed by atoms with Gasteiger partial charge >= 0.3 is 0 Å². The molecule has 1 aliphatic heterocycles. The van der Waals surface area contributed by atoms with E-state index in [9.17, 15) is 0 Å². The smallest absolute Gasteiger partial charge is 0.212 e. The molecule has 1 aliphatic rings.